The number of hydrogen-bond acceptors (Lipinski definition) is 4. The van der Waals surface area contributed by atoms with Gasteiger partial charge in [0.25, 0.3) is 10.0 Å². The van der Waals surface area contributed by atoms with Crippen molar-refractivity contribution in [1.29, 1.82) is 0 Å². The van der Waals surface area contributed by atoms with E-state index in [-0.39, 0.29) is 10.7 Å². The van der Waals surface area contributed by atoms with Gasteiger partial charge in [-0.1, -0.05) is 11.2 Å². The van der Waals surface area contributed by atoms with Gasteiger partial charge in [0, 0.05) is 6.07 Å². The van der Waals surface area contributed by atoms with E-state index in [1.54, 1.807) is 25.1 Å². The molecule has 6 heteroatoms. The Morgan fingerprint density at radius 3 is 2.74 bits per heavy atom. The van der Waals surface area contributed by atoms with Crippen LogP contribution in [0.15, 0.2) is 33.7 Å². The van der Waals surface area contributed by atoms with Gasteiger partial charge in [-0.15, -0.1) is 0 Å². The zero-order valence-electron chi connectivity index (χ0n) is 10.5. The standard InChI is InChI=1S/C13H14N2O3S/c1-9-7-13(14-18-9)15-19(16,17)12-6-5-10-3-2-4-11(10)8-12/h5-8H,2-4H2,1H3,(H,14,15). The maximum Gasteiger partial charge on any atom is 0.263 e. The number of sulfonamides is 1. The second-order valence-electron chi connectivity index (χ2n) is 4.71. The molecule has 1 heterocycles. The van der Waals surface area contributed by atoms with E-state index in [2.05, 4.69) is 9.88 Å². The van der Waals surface area contributed by atoms with E-state index in [4.69, 9.17) is 4.52 Å². The van der Waals surface area contributed by atoms with Crippen molar-refractivity contribution in [3.8, 4) is 0 Å². The van der Waals surface area contributed by atoms with Crippen LogP contribution in [0.5, 0.6) is 0 Å². The van der Waals surface area contributed by atoms with Crippen molar-refractivity contribution in [3.05, 3.63) is 41.2 Å². The van der Waals surface area contributed by atoms with Gasteiger partial charge >= 0.3 is 0 Å². The van der Waals surface area contributed by atoms with Gasteiger partial charge in [0.15, 0.2) is 5.82 Å². The molecule has 0 bridgehead atoms. The Bertz CT molecular complexity index is 719. The van der Waals surface area contributed by atoms with E-state index in [1.165, 1.54) is 5.56 Å². The number of aromatic nitrogens is 1. The quantitative estimate of drug-likeness (QED) is 0.934. The number of anilines is 1. The van der Waals surface area contributed by atoms with Crippen molar-refractivity contribution < 1.29 is 12.9 Å². The summed E-state index contributed by atoms with van der Waals surface area (Å²) in [7, 11) is -3.59. The van der Waals surface area contributed by atoms with E-state index in [9.17, 15) is 8.42 Å². The third kappa shape index (κ3) is 2.35. The summed E-state index contributed by atoms with van der Waals surface area (Å²) in [6.07, 6.45) is 3.07. The normalized spacial score (nSPS) is 14.4. The van der Waals surface area contributed by atoms with E-state index in [1.807, 2.05) is 6.07 Å². The molecule has 0 unspecified atom stereocenters. The number of nitrogens with one attached hydrogen (secondary N) is 1. The molecule has 1 N–H and O–H groups in total. The first-order valence-electron chi connectivity index (χ1n) is 6.12. The fourth-order valence-electron chi connectivity index (χ4n) is 2.33. The molecule has 5 nitrogen and oxygen atoms in total. The molecule has 100 valence electrons. The molecule has 0 atom stereocenters. The van der Waals surface area contributed by atoms with Gasteiger partial charge in [-0.25, -0.2) is 8.42 Å². The molecule has 2 aromatic rings. The zero-order valence-corrected chi connectivity index (χ0v) is 11.3. The summed E-state index contributed by atoms with van der Waals surface area (Å²) in [5.74, 6) is 0.768. The second kappa shape index (κ2) is 4.38. The molecule has 0 saturated carbocycles. The van der Waals surface area contributed by atoms with Crippen molar-refractivity contribution >= 4 is 15.8 Å². The minimum absolute atomic E-state index is 0.206. The topological polar surface area (TPSA) is 72.2 Å². The van der Waals surface area contributed by atoms with Crippen LogP contribution >= 0.6 is 0 Å². The minimum Gasteiger partial charge on any atom is -0.360 e. The third-order valence-corrected chi connectivity index (χ3v) is 4.60. The van der Waals surface area contributed by atoms with Gasteiger partial charge in [0.1, 0.15) is 5.76 Å². The van der Waals surface area contributed by atoms with Gasteiger partial charge in [0.05, 0.1) is 4.90 Å². The van der Waals surface area contributed by atoms with E-state index in [0.717, 1.165) is 24.8 Å². The largest absolute Gasteiger partial charge is 0.360 e. The maximum absolute atomic E-state index is 12.2. The van der Waals surface area contributed by atoms with Gasteiger partial charge in [-0.05, 0) is 49.4 Å². The minimum atomic E-state index is -3.59. The highest BCUT2D eigenvalue weighted by Gasteiger charge is 2.19. The van der Waals surface area contributed by atoms with Crippen LogP contribution in [-0.4, -0.2) is 13.6 Å². The highest BCUT2D eigenvalue weighted by atomic mass is 32.2. The predicted octanol–water partition coefficient (Wildman–Crippen LogP) is 2.27. The van der Waals surface area contributed by atoms with Crippen LogP contribution in [-0.2, 0) is 22.9 Å². The lowest BCUT2D eigenvalue weighted by Gasteiger charge is -2.07. The first kappa shape index (κ1) is 12.2. The number of benzene rings is 1. The predicted molar refractivity (Wildman–Crippen MR) is 70.5 cm³/mol. The monoisotopic (exact) mass is 278 g/mol. The van der Waals surface area contributed by atoms with Crippen molar-refractivity contribution in [2.24, 2.45) is 0 Å². The van der Waals surface area contributed by atoms with Crippen LogP contribution in [0.2, 0.25) is 0 Å². The molecule has 0 aliphatic heterocycles. The Kier molecular flexibility index (Phi) is 2.82. The highest BCUT2D eigenvalue weighted by molar-refractivity contribution is 7.92. The summed E-state index contributed by atoms with van der Waals surface area (Å²) in [6, 6.07) is 6.83. The number of hydrogen-bond donors (Lipinski definition) is 1. The van der Waals surface area contributed by atoms with E-state index >= 15 is 0 Å². The Morgan fingerprint density at radius 1 is 1.21 bits per heavy atom. The summed E-state index contributed by atoms with van der Waals surface area (Å²) < 4.78 is 31.7. The second-order valence-corrected chi connectivity index (χ2v) is 6.39. The Balaban J connectivity index is 1.92. The number of nitrogens with zero attached hydrogens (tertiary/aromatic N) is 1. The summed E-state index contributed by atoms with van der Waals surface area (Å²) in [5, 5.41) is 3.63. The average Bonchev–Trinajstić information content (AvgIpc) is 2.96. The Labute approximate surface area is 111 Å². The summed E-state index contributed by atoms with van der Waals surface area (Å²) in [5.41, 5.74) is 2.37. The van der Waals surface area contributed by atoms with Gasteiger partial charge in [0.2, 0.25) is 0 Å². The molecular formula is C13H14N2O3S. The van der Waals surface area contributed by atoms with Crippen molar-refractivity contribution in [2.45, 2.75) is 31.1 Å². The van der Waals surface area contributed by atoms with Crippen LogP contribution in [0.1, 0.15) is 23.3 Å². The lowest BCUT2D eigenvalue weighted by atomic mass is 10.1. The molecule has 1 aromatic carbocycles. The molecule has 0 fully saturated rings. The molecule has 0 saturated heterocycles. The van der Waals surface area contributed by atoms with E-state index < -0.39 is 10.0 Å². The third-order valence-electron chi connectivity index (χ3n) is 3.25. The Hall–Kier alpha value is -1.82. The molecule has 1 aromatic heterocycles. The SMILES string of the molecule is Cc1cc(NS(=O)(=O)c2ccc3c(c2)CCC3)no1. The van der Waals surface area contributed by atoms with Crippen LogP contribution in [0.25, 0.3) is 0 Å². The Morgan fingerprint density at radius 2 is 2.00 bits per heavy atom. The lowest BCUT2D eigenvalue weighted by Crippen LogP contribution is -2.13. The van der Waals surface area contributed by atoms with Gasteiger partial charge in [-0.3, -0.25) is 4.72 Å². The molecule has 19 heavy (non-hydrogen) atoms. The van der Waals surface area contributed by atoms with Gasteiger partial charge < -0.3 is 4.52 Å². The molecule has 1 aliphatic carbocycles. The van der Waals surface area contributed by atoms with Crippen LogP contribution in [0.3, 0.4) is 0 Å². The first-order chi connectivity index (χ1) is 9.04. The van der Waals surface area contributed by atoms with Crippen LogP contribution in [0.4, 0.5) is 5.82 Å². The summed E-state index contributed by atoms with van der Waals surface area (Å²) in [6.45, 7) is 1.71. The molecule has 1 aliphatic rings. The average molecular weight is 278 g/mol. The summed E-state index contributed by atoms with van der Waals surface area (Å²) in [4.78, 5) is 0.272. The number of fused-ring (bicyclic) bond motifs is 1. The number of aryl methyl sites for hydroxylation is 3. The number of rotatable bonds is 3. The van der Waals surface area contributed by atoms with Crippen LogP contribution < -0.4 is 4.72 Å². The van der Waals surface area contributed by atoms with Crippen molar-refractivity contribution in [2.75, 3.05) is 4.72 Å². The fraction of sp³-hybridized carbons (Fsp3) is 0.308. The maximum atomic E-state index is 12.2. The lowest BCUT2D eigenvalue weighted by molar-refractivity contribution is 0.400. The molecule has 0 amide bonds. The van der Waals surface area contributed by atoms with Crippen LogP contribution in [0, 0.1) is 6.92 Å². The summed E-state index contributed by atoms with van der Waals surface area (Å²) >= 11 is 0. The van der Waals surface area contributed by atoms with E-state index in [0.29, 0.717) is 5.76 Å². The molecular weight excluding hydrogens is 264 g/mol. The highest BCUT2D eigenvalue weighted by Crippen LogP contribution is 2.25. The fourth-order valence-corrected chi connectivity index (χ4v) is 3.36. The molecule has 3 rings (SSSR count). The molecule has 0 spiro atoms. The van der Waals surface area contributed by atoms with Gasteiger partial charge in [-0.2, -0.15) is 0 Å². The van der Waals surface area contributed by atoms with Crippen molar-refractivity contribution in [3.63, 3.8) is 0 Å². The zero-order chi connectivity index (χ0) is 13.5. The smallest absolute Gasteiger partial charge is 0.263 e. The first-order valence-corrected chi connectivity index (χ1v) is 7.61. The molecule has 0 radical (unpaired) electrons. The van der Waals surface area contributed by atoms with Crippen molar-refractivity contribution in [1.82, 2.24) is 5.16 Å².